The van der Waals surface area contributed by atoms with E-state index in [2.05, 4.69) is 0 Å². The van der Waals surface area contributed by atoms with Gasteiger partial charge in [-0.1, -0.05) is 24.3 Å². The molecule has 2 rings (SSSR count). The maximum Gasteiger partial charge on any atom is 0.0429 e. The first-order valence-corrected chi connectivity index (χ1v) is 4.69. The Hall–Kier alpha value is -1.19. The van der Waals surface area contributed by atoms with Crippen LogP contribution >= 0.6 is 12.0 Å². The van der Waals surface area contributed by atoms with Crippen molar-refractivity contribution in [3.05, 3.63) is 36.4 Å². The van der Waals surface area contributed by atoms with Crippen LogP contribution in [0.1, 0.15) is 0 Å². The molecule has 2 aromatic rings. The minimum Gasteiger partial charge on any atom is -0.398 e. The Morgan fingerprint density at radius 2 is 1.69 bits per heavy atom. The molecule has 2 aromatic carbocycles. The molecule has 66 valence electrons. The fraction of sp³-hybridized carbons (Fsp3) is 0. The van der Waals surface area contributed by atoms with Crippen LogP contribution in [0, 0.1) is 0 Å². The molecule has 0 heterocycles. The molecule has 0 unspecified atom stereocenters. The lowest BCUT2D eigenvalue weighted by molar-refractivity contribution is 0.664. The Morgan fingerprint density at radius 1 is 1.00 bits per heavy atom. The van der Waals surface area contributed by atoms with Crippen LogP contribution in [0.2, 0.25) is 0 Å². The van der Waals surface area contributed by atoms with Gasteiger partial charge >= 0.3 is 0 Å². The van der Waals surface area contributed by atoms with E-state index in [4.69, 9.17) is 10.3 Å². The van der Waals surface area contributed by atoms with Gasteiger partial charge in [-0.2, -0.15) is 0 Å². The summed E-state index contributed by atoms with van der Waals surface area (Å²) >= 11 is 0.751. The maximum absolute atomic E-state index is 9.00. The average molecular weight is 191 g/mol. The summed E-state index contributed by atoms with van der Waals surface area (Å²) in [7, 11) is 0. The summed E-state index contributed by atoms with van der Waals surface area (Å²) in [6.45, 7) is 0. The largest absolute Gasteiger partial charge is 0.398 e. The van der Waals surface area contributed by atoms with E-state index >= 15 is 0 Å². The van der Waals surface area contributed by atoms with E-state index < -0.39 is 0 Å². The highest BCUT2D eigenvalue weighted by Gasteiger charge is 2.01. The summed E-state index contributed by atoms with van der Waals surface area (Å²) in [5.41, 5.74) is 6.53. The second-order valence-corrected chi connectivity index (χ2v) is 3.41. The van der Waals surface area contributed by atoms with Gasteiger partial charge in [0.1, 0.15) is 0 Å². The van der Waals surface area contributed by atoms with E-state index in [-0.39, 0.29) is 0 Å². The zero-order valence-corrected chi connectivity index (χ0v) is 7.71. The van der Waals surface area contributed by atoms with Gasteiger partial charge in [-0.05, 0) is 17.5 Å². The predicted octanol–water partition coefficient (Wildman–Crippen LogP) is 2.99. The number of hydrogen-bond acceptors (Lipinski definition) is 3. The lowest BCUT2D eigenvalue weighted by atomic mass is 10.1. The average Bonchev–Trinajstić information content (AvgIpc) is 2.18. The molecule has 0 spiro atoms. The van der Waals surface area contributed by atoms with E-state index in [9.17, 15) is 0 Å². The third kappa shape index (κ3) is 1.36. The first-order chi connectivity index (χ1) is 6.33. The Kier molecular flexibility index (Phi) is 2.12. The monoisotopic (exact) mass is 191 g/mol. The van der Waals surface area contributed by atoms with E-state index in [1.54, 1.807) is 0 Å². The van der Waals surface area contributed by atoms with E-state index in [0.29, 0.717) is 0 Å². The van der Waals surface area contributed by atoms with Crippen LogP contribution < -0.4 is 5.73 Å². The lowest BCUT2D eigenvalue weighted by Gasteiger charge is -2.04. The van der Waals surface area contributed by atoms with Gasteiger partial charge in [0, 0.05) is 28.0 Å². The molecule has 2 nitrogen and oxygen atoms in total. The minimum absolute atomic E-state index is 0.744. The summed E-state index contributed by atoms with van der Waals surface area (Å²) in [6.07, 6.45) is 0. The van der Waals surface area contributed by atoms with E-state index in [1.165, 1.54) is 0 Å². The Balaban J connectivity index is 2.84. The van der Waals surface area contributed by atoms with E-state index in [1.807, 2.05) is 36.4 Å². The van der Waals surface area contributed by atoms with E-state index in [0.717, 1.165) is 33.4 Å². The molecule has 0 saturated carbocycles. The Labute approximate surface area is 80.6 Å². The molecular formula is C10H9NOS. The lowest BCUT2D eigenvalue weighted by Crippen LogP contribution is -1.86. The molecule has 0 bridgehead atoms. The van der Waals surface area contributed by atoms with Crippen molar-refractivity contribution in [3.8, 4) is 0 Å². The standard InChI is InChI=1S/C10H9NOS/c11-9-5-1-4-8-7(9)3-2-6-10(8)13-12/h1-6,12H,11H2. The number of nitrogens with two attached hydrogens (primary N) is 1. The minimum atomic E-state index is 0.744. The summed E-state index contributed by atoms with van der Waals surface area (Å²) < 4.78 is 9.00. The third-order valence-corrected chi connectivity index (χ3v) is 2.57. The molecule has 0 radical (unpaired) electrons. The molecule has 0 saturated heterocycles. The first-order valence-electron chi connectivity index (χ1n) is 3.91. The highest BCUT2D eigenvalue weighted by molar-refractivity contribution is 7.94. The molecule has 13 heavy (non-hydrogen) atoms. The van der Waals surface area contributed by atoms with Crippen LogP contribution in [-0.2, 0) is 0 Å². The van der Waals surface area contributed by atoms with Gasteiger partial charge in [-0.15, -0.1) is 0 Å². The fourth-order valence-corrected chi connectivity index (χ4v) is 1.80. The molecule has 0 fully saturated rings. The number of rotatable bonds is 1. The Morgan fingerprint density at radius 3 is 2.46 bits per heavy atom. The van der Waals surface area contributed by atoms with Crippen LogP contribution in [0.3, 0.4) is 0 Å². The van der Waals surface area contributed by atoms with Crippen LogP contribution in [0.25, 0.3) is 10.8 Å². The first kappa shape index (κ1) is 8.41. The van der Waals surface area contributed by atoms with Gasteiger partial charge < -0.3 is 10.3 Å². The van der Waals surface area contributed by atoms with Crippen molar-refractivity contribution in [2.45, 2.75) is 4.90 Å². The van der Waals surface area contributed by atoms with Gasteiger partial charge in [0.05, 0.1) is 0 Å². The number of benzene rings is 2. The van der Waals surface area contributed by atoms with Crippen LogP contribution in [-0.4, -0.2) is 4.55 Å². The normalized spacial score (nSPS) is 10.5. The smallest absolute Gasteiger partial charge is 0.0429 e. The number of anilines is 1. The zero-order chi connectivity index (χ0) is 9.26. The summed E-state index contributed by atoms with van der Waals surface area (Å²) in [4.78, 5) is 0.838. The SMILES string of the molecule is Nc1cccc2c(SO)cccc12. The van der Waals surface area contributed by atoms with Crippen molar-refractivity contribution < 1.29 is 4.55 Å². The molecule has 0 amide bonds. The summed E-state index contributed by atoms with van der Waals surface area (Å²) in [5, 5.41) is 1.98. The number of nitrogen functional groups attached to an aromatic ring is 1. The molecule has 0 atom stereocenters. The van der Waals surface area contributed by atoms with Crippen LogP contribution in [0.15, 0.2) is 41.3 Å². The molecular weight excluding hydrogens is 182 g/mol. The molecule has 3 N–H and O–H groups in total. The van der Waals surface area contributed by atoms with Crippen molar-refractivity contribution in [1.82, 2.24) is 0 Å². The zero-order valence-electron chi connectivity index (χ0n) is 6.90. The van der Waals surface area contributed by atoms with Gasteiger partial charge in [0.15, 0.2) is 0 Å². The van der Waals surface area contributed by atoms with Crippen molar-refractivity contribution >= 4 is 28.5 Å². The van der Waals surface area contributed by atoms with Gasteiger partial charge in [-0.3, -0.25) is 0 Å². The van der Waals surface area contributed by atoms with Crippen LogP contribution in [0.5, 0.6) is 0 Å². The van der Waals surface area contributed by atoms with Gasteiger partial charge in [-0.25, -0.2) is 0 Å². The maximum atomic E-state index is 9.00. The number of fused-ring (bicyclic) bond motifs is 1. The van der Waals surface area contributed by atoms with Gasteiger partial charge in [0.2, 0.25) is 0 Å². The van der Waals surface area contributed by atoms with Crippen molar-refractivity contribution in [1.29, 1.82) is 0 Å². The van der Waals surface area contributed by atoms with Gasteiger partial charge in [0.25, 0.3) is 0 Å². The molecule has 0 aliphatic heterocycles. The third-order valence-electron chi connectivity index (χ3n) is 2.01. The topological polar surface area (TPSA) is 46.2 Å². The fourth-order valence-electron chi connectivity index (χ4n) is 1.39. The highest BCUT2D eigenvalue weighted by Crippen LogP contribution is 2.28. The summed E-state index contributed by atoms with van der Waals surface area (Å²) in [5.74, 6) is 0. The second-order valence-electron chi connectivity index (χ2n) is 2.79. The molecule has 3 heteroatoms. The van der Waals surface area contributed by atoms with Crippen molar-refractivity contribution in [3.63, 3.8) is 0 Å². The molecule has 0 aliphatic carbocycles. The molecule has 0 aromatic heterocycles. The second kappa shape index (κ2) is 3.28. The highest BCUT2D eigenvalue weighted by atomic mass is 32.2. The molecule has 0 aliphatic rings. The number of hydrogen-bond donors (Lipinski definition) is 2. The predicted molar refractivity (Wildman–Crippen MR) is 56.8 cm³/mol. The Bertz CT molecular complexity index is 442. The quantitative estimate of drug-likeness (QED) is 0.538. The van der Waals surface area contributed by atoms with Crippen molar-refractivity contribution in [2.24, 2.45) is 0 Å². The van der Waals surface area contributed by atoms with Crippen LogP contribution in [0.4, 0.5) is 5.69 Å². The van der Waals surface area contributed by atoms with Crippen molar-refractivity contribution in [2.75, 3.05) is 5.73 Å². The summed E-state index contributed by atoms with van der Waals surface area (Å²) in [6, 6.07) is 11.4.